The molecule has 512 valence electrons. The summed E-state index contributed by atoms with van der Waals surface area (Å²) in [6, 6.07) is 45.9. The van der Waals surface area contributed by atoms with Crippen molar-refractivity contribution in [1.29, 1.82) is 0 Å². The fourth-order valence-corrected chi connectivity index (χ4v) is 12.9. The van der Waals surface area contributed by atoms with Crippen molar-refractivity contribution >= 4 is 97.8 Å². The first-order valence-corrected chi connectivity index (χ1v) is 34.6. The first-order chi connectivity index (χ1) is 45.9. The highest BCUT2D eigenvalue weighted by Crippen LogP contribution is 2.35. The normalized spacial score (nSPS) is 15.6. The van der Waals surface area contributed by atoms with Crippen LogP contribution in [-0.2, 0) is 54.5 Å². The molecular formula is C74H92BBrCl2N8O10. The highest BCUT2D eigenvalue weighted by molar-refractivity contribution is 9.10. The third-order valence-electron chi connectivity index (χ3n) is 16.6. The van der Waals surface area contributed by atoms with Crippen LogP contribution in [0.4, 0.5) is 9.59 Å². The number of piperidine rings is 2. The van der Waals surface area contributed by atoms with Crippen molar-refractivity contribution in [2.75, 3.05) is 53.6 Å². The Bertz CT molecular complexity index is 3790. The lowest BCUT2D eigenvalue weighted by molar-refractivity contribution is -0.133. The number of para-hydroxylation sites is 2. The van der Waals surface area contributed by atoms with Crippen LogP contribution in [0, 0.1) is 0 Å². The van der Waals surface area contributed by atoms with Gasteiger partial charge in [0.2, 0.25) is 11.8 Å². The summed E-state index contributed by atoms with van der Waals surface area (Å²) in [6.07, 6.45) is 5.64. The van der Waals surface area contributed by atoms with Crippen molar-refractivity contribution < 1.29 is 48.2 Å². The number of rotatable bonds is 22. The number of nitrogens with one attached hydrogen (secondary N) is 2. The van der Waals surface area contributed by atoms with Crippen LogP contribution >= 0.6 is 39.1 Å². The number of carbonyl (C=O) groups is 4. The van der Waals surface area contributed by atoms with E-state index in [-0.39, 0.29) is 36.5 Å². The van der Waals surface area contributed by atoms with Gasteiger partial charge in [-0.25, -0.2) is 19.6 Å². The van der Waals surface area contributed by atoms with E-state index < -0.39 is 42.6 Å². The average Bonchev–Trinajstić information content (AvgIpc) is 1.64. The molecule has 96 heavy (non-hydrogen) atoms. The number of carbonyl (C=O) groups excluding carboxylic acids is 4. The van der Waals surface area contributed by atoms with Crippen molar-refractivity contribution in [2.45, 2.75) is 154 Å². The van der Waals surface area contributed by atoms with Crippen molar-refractivity contribution in [2.24, 2.45) is 0 Å². The third-order valence-corrected chi connectivity index (χ3v) is 17.7. The van der Waals surface area contributed by atoms with Crippen LogP contribution in [0.3, 0.4) is 0 Å². The molecule has 4 amide bonds. The minimum Gasteiger partial charge on any atom is -0.444 e. The molecule has 2 aromatic heterocycles. The number of hydrogen-bond acceptors (Lipinski definition) is 12. The molecule has 4 atom stereocenters. The van der Waals surface area contributed by atoms with Gasteiger partial charge >= 0.3 is 19.3 Å². The van der Waals surface area contributed by atoms with Crippen molar-refractivity contribution in [1.82, 2.24) is 39.5 Å². The third kappa shape index (κ3) is 22.4. The summed E-state index contributed by atoms with van der Waals surface area (Å²) in [7, 11) is 2.07. The van der Waals surface area contributed by atoms with Crippen LogP contribution in [0.5, 0.6) is 0 Å². The van der Waals surface area contributed by atoms with Crippen LogP contribution < -0.4 is 16.1 Å². The number of aryl methyl sites for hydroxylation is 2. The Hall–Kier alpha value is -7.30. The number of nitrogens with zero attached hydrogens (tertiary/aromatic N) is 6. The molecular weight excluding hydrogens is 1320 g/mol. The molecule has 22 heteroatoms. The summed E-state index contributed by atoms with van der Waals surface area (Å²) in [5.74, 6) is 2.09. The number of ether oxygens (including phenoxy) is 4. The van der Waals surface area contributed by atoms with Crippen molar-refractivity contribution in [3.63, 3.8) is 0 Å². The smallest absolute Gasteiger partial charge is 0.444 e. The monoisotopic (exact) mass is 1410 g/mol. The molecule has 0 spiro atoms. The number of hydrogen-bond donors (Lipinski definition) is 4. The lowest BCUT2D eigenvalue weighted by Crippen LogP contribution is -2.46. The van der Waals surface area contributed by atoms with Gasteiger partial charge in [0.1, 0.15) is 33.9 Å². The molecule has 4 heterocycles. The molecule has 2 fully saturated rings. The van der Waals surface area contributed by atoms with Gasteiger partial charge in [-0.2, -0.15) is 0 Å². The molecule has 4 N–H and O–H groups in total. The lowest BCUT2D eigenvalue weighted by Gasteiger charge is -2.34. The Labute approximate surface area is 583 Å². The lowest BCUT2D eigenvalue weighted by atomic mass is 9.81. The SMILES string of the molecule is COCCCn1c([C@@H]2CCCN(C(=O)C[C@@H](Cc3ccc(-c4ccccc4)cc3)NC(=O)OC(C)(C)C)C2)nc2c(Cl)cccc21.COCCCn1c([C@@H]2CCCN(C(=O)C[C@@H](Cc3ccc(Br)cc3)NC(=O)OC(C)(C)C)C2)nc2c(Cl)cccc21.OB(O)c1ccccc1. The van der Waals surface area contributed by atoms with Gasteiger partial charge in [-0.1, -0.05) is 148 Å². The quantitative estimate of drug-likeness (QED) is 0.0369. The maximum absolute atomic E-state index is 13.9. The first kappa shape index (κ1) is 74.5. The molecule has 2 aliphatic heterocycles. The molecule has 10 rings (SSSR count). The maximum atomic E-state index is 13.9. The zero-order valence-electron chi connectivity index (χ0n) is 56.4. The fraction of sp³-hybridized carbons (Fsp3) is 0.432. The number of amides is 4. The second kappa shape index (κ2) is 35.8. The van der Waals surface area contributed by atoms with Gasteiger partial charge in [-0.05, 0) is 157 Å². The van der Waals surface area contributed by atoms with E-state index in [1.807, 2.05) is 130 Å². The zero-order chi connectivity index (χ0) is 68.9. The summed E-state index contributed by atoms with van der Waals surface area (Å²) in [5, 5.41) is 24.4. The molecule has 0 radical (unpaired) electrons. The fourth-order valence-electron chi connectivity index (χ4n) is 12.2. The van der Waals surface area contributed by atoms with Crippen LogP contribution in [0.25, 0.3) is 33.2 Å². The van der Waals surface area contributed by atoms with Gasteiger partial charge < -0.3 is 58.6 Å². The largest absolute Gasteiger partial charge is 0.488 e. The molecule has 6 aromatic carbocycles. The molecule has 0 bridgehead atoms. The number of halogens is 3. The Morgan fingerprint density at radius 1 is 0.573 bits per heavy atom. The average molecular weight is 1420 g/mol. The van der Waals surface area contributed by atoms with E-state index in [1.54, 1.807) is 38.5 Å². The summed E-state index contributed by atoms with van der Waals surface area (Å²) in [4.78, 5) is 66.9. The topological polar surface area (TPSA) is 212 Å². The minimum atomic E-state index is -1.34. The summed E-state index contributed by atoms with van der Waals surface area (Å²) >= 11 is 16.5. The summed E-state index contributed by atoms with van der Waals surface area (Å²) < 4.78 is 27.1. The Kier molecular flexibility index (Phi) is 27.8. The minimum absolute atomic E-state index is 0.00624. The van der Waals surface area contributed by atoms with E-state index in [1.165, 1.54) is 0 Å². The maximum Gasteiger partial charge on any atom is 0.488 e. The van der Waals surface area contributed by atoms with Crippen molar-refractivity contribution in [3.05, 3.63) is 183 Å². The van der Waals surface area contributed by atoms with E-state index in [0.29, 0.717) is 67.7 Å². The van der Waals surface area contributed by atoms with Gasteiger partial charge in [0.15, 0.2) is 0 Å². The van der Waals surface area contributed by atoms with E-state index in [9.17, 15) is 19.2 Å². The van der Waals surface area contributed by atoms with Crippen LogP contribution in [-0.4, -0.2) is 147 Å². The van der Waals surface area contributed by atoms with E-state index in [2.05, 4.69) is 78.2 Å². The second-order valence-electron chi connectivity index (χ2n) is 26.5. The number of fused-ring (bicyclic) bond motifs is 2. The Balaban J connectivity index is 0.000000218. The molecule has 8 aromatic rings. The van der Waals surface area contributed by atoms with Gasteiger partial charge in [-0.15, -0.1) is 0 Å². The molecule has 0 aliphatic carbocycles. The molecule has 2 aliphatic rings. The molecule has 0 saturated carbocycles. The number of imidazole rings is 2. The standard InChI is InChI=1S/C37H45ClN4O4.C31H40BrClN4O4.C6H7BO2/c1-37(2,3)46-36(44)39-30(23-26-16-18-28(19-17-26)27-11-6-5-7-12-27)24-33(43)41-20-9-13-29(25-41)35-40-34-31(38)14-8-15-32(34)42(35)21-10-22-45-4;1-31(2,3)41-30(39)34-24(18-21-11-13-23(32)14-12-21)19-27(38)36-15-6-8-22(20-36)29-35-28-25(33)9-5-10-26(28)37(29)16-7-17-40-4;8-7(9)6-4-2-1-3-5-6/h5-8,11-12,14-19,29-30H,9-10,13,20-25H2,1-4H3,(H,39,44);5,9-14,22,24H,6-8,15-20H2,1-4H3,(H,34,39);1-5,8-9H/t29-,30-;22-,24-;/m11./s1. The summed E-state index contributed by atoms with van der Waals surface area (Å²) in [5.41, 5.74) is 7.16. The first-order valence-electron chi connectivity index (χ1n) is 33.1. The predicted octanol–water partition coefficient (Wildman–Crippen LogP) is 13.7. The molecule has 18 nitrogen and oxygen atoms in total. The van der Waals surface area contributed by atoms with Crippen LogP contribution in [0.2, 0.25) is 10.0 Å². The van der Waals surface area contributed by atoms with Gasteiger partial charge in [0.25, 0.3) is 0 Å². The number of benzene rings is 6. The van der Waals surface area contributed by atoms with Gasteiger partial charge in [-0.3, -0.25) is 9.59 Å². The zero-order valence-corrected chi connectivity index (χ0v) is 59.5. The van der Waals surface area contributed by atoms with Gasteiger partial charge in [0, 0.05) is 108 Å². The predicted molar refractivity (Wildman–Crippen MR) is 385 cm³/mol. The number of likely N-dealkylation sites (tertiary alicyclic amines) is 2. The van der Waals surface area contributed by atoms with E-state index in [0.717, 1.165) is 112 Å². The summed E-state index contributed by atoms with van der Waals surface area (Å²) in [6.45, 7) is 16.3. The number of methoxy groups -OCH3 is 2. The molecule has 2 saturated heterocycles. The highest BCUT2D eigenvalue weighted by atomic mass is 79.9. The Morgan fingerprint density at radius 3 is 1.38 bits per heavy atom. The van der Waals surface area contributed by atoms with Crippen molar-refractivity contribution in [3.8, 4) is 11.1 Å². The highest BCUT2D eigenvalue weighted by Gasteiger charge is 2.33. The Morgan fingerprint density at radius 2 is 0.979 bits per heavy atom. The van der Waals surface area contributed by atoms with Gasteiger partial charge in [0.05, 0.1) is 21.1 Å². The van der Waals surface area contributed by atoms with Crippen LogP contribution in [0.15, 0.2) is 150 Å². The molecule has 0 unspecified atom stereocenters. The number of aromatic nitrogens is 4. The second-order valence-corrected chi connectivity index (χ2v) is 28.2. The van der Waals surface area contributed by atoms with E-state index >= 15 is 0 Å². The number of alkyl carbamates (subject to hydrolysis) is 2. The van der Waals surface area contributed by atoms with E-state index in [4.69, 9.17) is 62.2 Å². The van der Waals surface area contributed by atoms with Crippen LogP contribution in [0.1, 0.15) is 128 Å².